The summed E-state index contributed by atoms with van der Waals surface area (Å²) >= 11 is 0. The average Bonchev–Trinajstić information content (AvgIpc) is 1.90. The summed E-state index contributed by atoms with van der Waals surface area (Å²) in [6, 6.07) is 0. The van der Waals surface area contributed by atoms with Crippen LogP contribution < -0.4 is 29.6 Å². The molecule has 56 valence electrons. The zero-order chi connectivity index (χ0) is 7.40. The molecular formula is C8H13N2Na. The Bertz CT molecular complexity index is 163. The molecule has 11 heavy (non-hydrogen) atoms. The smallest absolute Gasteiger partial charge is 0.702 e. The van der Waals surface area contributed by atoms with E-state index in [0.717, 1.165) is 37.8 Å². The Labute approximate surface area is 90.0 Å². The van der Waals surface area contributed by atoms with E-state index in [9.17, 15) is 0 Å². The summed E-state index contributed by atoms with van der Waals surface area (Å²) in [5.74, 6) is 0. The zero-order valence-electron chi connectivity index (χ0n) is 7.11. The van der Waals surface area contributed by atoms with E-state index in [-0.39, 0.29) is 29.6 Å². The summed E-state index contributed by atoms with van der Waals surface area (Å²) in [7, 11) is 0. The van der Waals surface area contributed by atoms with Gasteiger partial charge < -0.3 is 11.1 Å². The molecule has 1 rings (SSSR count). The molecule has 0 saturated carbocycles. The first kappa shape index (κ1) is 11.2. The molecule has 0 atom stereocenters. The van der Waals surface area contributed by atoms with Gasteiger partial charge in [-0.1, -0.05) is 0 Å². The second-order valence-electron chi connectivity index (χ2n) is 2.73. The largest absolute Gasteiger partial charge is 1.00 e. The first-order valence-electron chi connectivity index (χ1n) is 3.76. The first-order chi connectivity index (χ1) is 4.79. The van der Waals surface area contributed by atoms with Crippen molar-refractivity contribution in [2.45, 2.75) is 32.1 Å². The fourth-order valence-electron chi connectivity index (χ4n) is 1.10. The third kappa shape index (κ3) is 4.62. The molecule has 0 aliphatic heterocycles. The Kier molecular flexibility index (Phi) is 5.92. The van der Waals surface area contributed by atoms with Gasteiger partial charge in [0.15, 0.2) is 0 Å². The molecule has 0 aromatic rings. The molecule has 0 fully saturated rings. The number of nitrogens with one attached hydrogen (secondary N) is 2. The van der Waals surface area contributed by atoms with Crippen molar-refractivity contribution in [3.63, 3.8) is 0 Å². The van der Waals surface area contributed by atoms with Crippen molar-refractivity contribution in [3.05, 3.63) is 17.5 Å². The Hall–Kier alpha value is 0.210. The molecule has 1 aliphatic carbocycles. The molecule has 0 unspecified atom stereocenters. The number of hydrogen-bond acceptors (Lipinski definition) is 1. The van der Waals surface area contributed by atoms with Crippen molar-refractivity contribution in [3.8, 4) is 0 Å². The van der Waals surface area contributed by atoms with Crippen molar-refractivity contribution in [1.82, 2.24) is 0 Å². The minimum absolute atomic E-state index is 0. The van der Waals surface area contributed by atoms with E-state index in [1.807, 2.05) is 6.08 Å². The maximum absolute atomic E-state index is 7.41. The topological polar surface area (TPSA) is 47.7 Å². The van der Waals surface area contributed by atoms with Crippen LogP contribution in [0.25, 0.3) is 5.73 Å². The van der Waals surface area contributed by atoms with Gasteiger partial charge in [-0.05, 0) is 32.1 Å². The van der Waals surface area contributed by atoms with E-state index in [4.69, 9.17) is 11.1 Å². The fourth-order valence-corrected chi connectivity index (χ4v) is 1.10. The SMILES string of the molecule is N=C1CCC/C=C(/[NH-])CC1.[Na+]. The summed E-state index contributed by atoms with van der Waals surface area (Å²) in [4.78, 5) is 0. The van der Waals surface area contributed by atoms with Gasteiger partial charge in [-0.15, -0.1) is 6.08 Å². The molecule has 0 bridgehead atoms. The van der Waals surface area contributed by atoms with Gasteiger partial charge in [0.25, 0.3) is 0 Å². The quantitative estimate of drug-likeness (QED) is 0.481. The third-order valence-electron chi connectivity index (χ3n) is 1.77. The van der Waals surface area contributed by atoms with Crippen LogP contribution >= 0.6 is 0 Å². The van der Waals surface area contributed by atoms with Crippen LogP contribution in [0.2, 0.25) is 0 Å². The molecule has 2 N–H and O–H groups in total. The minimum atomic E-state index is 0. The van der Waals surface area contributed by atoms with Crippen LogP contribution in [0, 0.1) is 5.41 Å². The number of hydrogen-bond donors (Lipinski definition) is 1. The van der Waals surface area contributed by atoms with Gasteiger partial charge in [0, 0.05) is 5.71 Å². The van der Waals surface area contributed by atoms with Crippen molar-refractivity contribution >= 4 is 5.71 Å². The molecule has 0 aromatic heterocycles. The molecule has 2 nitrogen and oxygen atoms in total. The predicted octanol–water partition coefficient (Wildman–Crippen LogP) is -0.0896. The van der Waals surface area contributed by atoms with E-state index in [1.54, 1.807) is 0 Å². The number of rotatable bonds is 0. The van der Waals surface area contributed by atoms with Gasteiger partial charge in [0.2, 0.25) is 0 Å². The fraction of sp³-hybridized carbons (Fsp3) is 0.625. The molecule has 1 aliphatic rings. The molecule has 0 amide bonds. The van der Waals surface area contributed by atoms with Crippen molar-refractivity contribution in [2.24, 2.45) is 0 Å². The maximum Gasteiger partial charge on any atom is 1.00 e. The van der Waals surface area contributed by atoms with E-state index < -0.39 is 0 Å². The van der Waals surface area contributed by atoms with Crippen LogP contribution in [-0.2, 0) is 0 Å². The first-order valence-corrected chi connectivity index (χ1v) is 3.76. The van der Waals surface area contributed by atoms with Crippen molar-refractivity contribution < 1.29 is 29.6 Å². The third-order valence-corrected chi connectivity index (χ3v) is 1.77. The summed E-state index contributed by atoms with van der Waals surface area (Å²) in [5.41, 5.74) is 8.89. The monoisotopic (exact) mass is 160 g/mol. The molecule has 0 aromatic carbocycles. The standard InChI is InChI=1S/C8H13N2.Na/c9-7-3-1-2-4-8(10)6-5-7;/h3,9-10H,1-2,4-6H2;/q-1;+1/b7-3+,10-8?;. The summed E-state index contributed by atoms with van der Waals surface area (Å²) in [6.45, 7) is 0. The van der Waals surface area contributed by atoms with Crippen LogP contribution in [0.3, 0.4) is 0 Å². The molecule has 0 heterocycles. The predicted molar refractivity (Wildman–Crippen MR) is 43.2 cm³/mol. The van der Waals surface area contributed by atoms with Crippen LogP contribution in [0.4, 0.5) is 0 Å². The Morgan fingerprint density at radius 2 is 2.00 bits per heavy atom. The molecule has 0 radical (unpaired) electrons. The van der Waals surface area contributed by atoms with Crippen LogP contribution in [0.15, 0.2) is 11.8 Å². The molecule has 0 saturated heterocycles. The van der Waals surface area contributed by atoms with E-state index in [0.29, 0.717) is 5.70 Å². The van der Waals surface area contributed by atoms with Crippen molar-refractivity contribution in [2.75, 3.05) is 0 Å². The van der Waals surface area contributed by atoms with E-state index in [2.05, 4.69) is 0 Å². The van der Waals surface area contributed by atoms with Gasteiger partial charge in [-0.3, -0.25) is 0 Å². The van der Waals surface area contributed by atoms with E-state index in [1.165, 1.54) is 0 Å². The van der Waals surface area contributed by atoms with Gasteiger partial charge in [-0.2, -0.15) is 5.70 Å². The second kappa shape index (κ2) is 5.81. The summed E-state index contributed by atoms with van der Waals surface area (Å²) in [5, 5.41) is 7.41. The van der Waals surface area contributed by atoms with Crippen LogP contribution in [-0.4, -0.2) is 5.71 Å². The molecule has 3 heteroatoms. The van der Waals surface area contributed by atoms with Gasteiger partial charge in [0.05, 0.1) is 0 Å². The average molecular weight is 160 g/mol. The van der Waals surface area contributed by atoms with Crippen LogP contribution in [0.1, 0.15) is 32.1 Å². The van der Waals surface area contributed by atoms with Crippen molar-refractivity contribution in [1.29, 1.82) is 5.41 Å². The summed E-state index contributed by atoms with van der Waals surface area (Å²) in [6.07, 6.45) is 6.53. The molecule has 0 spiro atoms. The van der Waals surface area contributed by atoms with Gasteiger partial charge >= 0.3 is 29.6 Å². The minimum Gasteiger partial charge on any atom is -0.702 e. The normalized spacial score (nSPS) is 24.0. The number of allylic oxidation sites excluding steroid dienone is 2. The Balaban J connectivity index is 0.000001000. The Morgan fingerprint density at radius 1 is 1.27 bits per heavy atom. The summed E-state index contributed by atoms with van der Waals surface area (Å²) < 4.78 is 0. The van der Waals surface area contributed by atoms with E-state index >= 15 is 0 Å². The second-order valence-corrected chi connectivity index (χ2v) is 2.73. The van der Waals surface area contributed by atoms with Gasteiger partial charge in [-0.25, -0.2) is 0 Å². The van der Waals surface area contributed by atoms with Gasteiger partial charge in [0.1, 0.15) is 0 Å². The zero-order valence-corrected chi connectivity index (χ0v) is 9.11. The Morgan fingerprint density at radius 3 is 2.73 bits per heavy atom. The van der Waals surface area contributed by atoms with Crippen LogP contribution in [0.5, 0.6) is 0 Å². The molecular weight excluding hydrogens is 147 g/mol. The maximum atomic E-state index is 7.41.